The van der Waals surface area contributed by atoms with Crippen LogP contribution in [0.2, 0.25) is 5.02 Å². The van der Waals surface area contributed by atoms with Gasteiger partial charge >= 0.3 is 11.9 Å². The van der Waals surface area contributed by atoms with Crippen LogP contribution >= 0.6 is 22.9 Å². The number of carboxylic acid groups (broad SMARTS) is 1. The van der Waals surface area contributed by atoms with E-state index in [2.05, 4.69) is 4.99 Å². The highest BCUT2D eigenvalue weighted by Gasteiger charge is 2.33. The van der Waals surface area contributed by atoms with Gasteiger partial charge in [-0.3, -0.25) is 9.36 Å². The van der Waals surface area contributed by atoms with Crippen LogP contribution in [0.5, 0.6) is 11.5 Å². The van der Waals surface area contributed by atoms with E-state index in [9.17, 15) is 14.4 Å². The molecule has 0 unspecified atom stereocenters. The molecule has 0 amide bonds. The summed E-state index contributed by atoms with van der Waals surface area (Å²) in [7, 11) is 1.40. The largest absolute Gasteiger partial charge is 0.493 e. The van der Waals surface area contributed by atoms with Gasteiger partial charge in [-0.25, -0.2) is 14.6 Å². The minimum Gasteiger partial charge on any atom is -0.493 e. The van der Waals surface area contributed by atoms with Crippen LogP contribution in [0, 0.1) is 6.92 Å². The minimum atomic E-state index is -1.16. The number of allylic oxidation sites excluding steroid dienone is 1. The number of aryl methyl sites for hydroxylation is 1. The smallest absolute Gasteiger partial charge is 0.341 e. The highest BCUT2D eigenvalue weighted by Crippen LogP contribution is 2.36. The van der Waals surface area contributed by atoms with E-state index in [4.69, 9.17) is 30.9 Å². The molecule has 2 heterocycles. The number of esters is 1. The Morgan fingerprint density at radius 3 is 2.55 bits per heavy atom. The van der Waals surface area contributed by atoms with Crippen LogP contribution < -0.4 is 24.4 Å². The van der Waals surface area contributed by atoms with Crippen molar-refractivity contribution in [3.05, 3.63) is 89.1 Å². The molecule has 0 aliphatic carbocycles. The van der Waals surface area contributed by atoms with Crippen LogP contribution in [0.1, 0.15) is 36.6 Å². The zero-order valence-corrected chi connectivity index (χ0v) is 22.7. The summed E-state index contributed by atoms with van der Waals surface area (Å²) in [5.74, 6) is -1.38. The lowest BCUT2D eigenvalue weighted by molar-refractivity contribution is -0.140. The van der Waals surface area contributed by atoms with Gasteiger partial charge in [-0.1, -0.05) is 52.8 Å². The van der Waals surface area contributed by atoms with Gasteiger partial charge < -0.3 is 19.3 Å². The van der Waals surface area contributed by atoms with E-state index in [0.29, 0.717) is 26.2 Å². The second kappa shape index (κ2) is 11.2. The van der Waals surface area contributed by atoms with Crippen molar-refractivity contribution in [1.82, 2.24) is 4.57 Å². The molecule has 0 radical (unpaired) electrons. The Bertz CT molecular complexity index is 1620. The standard InChI is InChI=1S/C27H25ClN2O7S/c1-5-36-26(34)22-15(3)29-27-30(23(22)17-8-6-14(2)7-9-17)25(33)20(38-27)12-16-10-18(28)24(19(11-16)35-4)37-13-21(31)32/h6-12,23H,5,13H2,1-4H3,(H,31,32)/b20-12+/t23-/m0/s1. The number of ether oxygens (including phenoxy) is 3. The third-order valence-corrected chi connectivity index (χ3v) is 7.06. The summed E-state index contributed by atoms with van der Waals surface area (Å²) < 4.78 is 17.8. The van der Waals surface area contributed by atoms with Gasteiger partial charge in [0.1, 0.15) is 0 Å². The average Bonchev–Trinajstić information content (AvgIpc) is 3.16. The number of nitrogens with zero attached hydrogens (tertiary/aromatic N) is 2. The van der Waals surface area contributed by atoms with Crippen LogP contribution in [0.4, 0.5) is 0 Å². The summed E-state index contributed by atoms with van der Waals surface area (Å²) in [4.78, 5) is 42.6. The Labute approximate surface area is 226 Å². The molecule has 1 atom stereocenters. The molecule has 38 heavy (non-hydrogen) atoms. The normalized spacial score (nSPS) is 15.1. The number of rotatable bonds is 8. The van der Waals surface area contributed by atoms with E-state index in [1.165, 1.54) is 23.0 Å². The molecular weight excluding hydrogens is 532 g/mol. The Morgan fingerprint density at radius 2 is 1.92 bits per heavy atom. The van der Waals surface area contributed by atoms with Gasteiger partial charge in [-0.15, -0.1) is 0 Å². The molecule has 1 aliphatic rings. The van der Waals surface area contributed by atoms with Crippen molar-refractivity contribution in [2.24, 2.45) is 4.99 Å². The Morgan fingerprint density at radius 1 is 1.21 bits per heavy atom. The lowest BCUT2D eigenvalue weighted by Crippen LogP contribution is -2.39. The lowest BCUT2D eigenvalue weighted by Gasteiger charge is -2.24. The van der Waals surface area contributed by atoms with Gasteiger partial charge in [0.2, 0.25) is 0 Å². The fourth-order valence-corrected chi connectivity index (χ4v) is 5.42. The number of aromatic nitrogens is 1. The van der Waals surface area contributed by atoms with Crippen molar-refractivity contribution in [3.8, 4) is 11.5 Å². The van der Waals surface area contributed by atoms with E-state index in [1.54, 1.807) is 32.1 Å². The second-order valence-corrected chi connectivity index (χ2v) is 9.85. The number of thiazole rings is 1. The molecule has 0 spiro atoms. The molecule has 1 aliphatic heterocycles. The highest BCUT2D eigenvalue weighted by atomic mass is 35.5. The van der Waals surface area contributed by atoms with Gasteiger partial charge in [-0.05, 0) is 50.1 Å². The Kier molecular flexibility index (Phi) is 8.03. The molecular formula is C27H25ClN2O7S. The monoisotopic (exact) mass is 556 g/mol. The van der Waals surface area contributed by atoms with Gasteiger partial charge in [0.25, 0.3) is 5.56 Å². The summed E-state index contributed by atoms with van der Waals surface area (Å²) in [6.45, 7) is 5.01. The van der Waals surface area contributed by atoms with E-state index >= 15 is 0 Å². The fraction of sp³-hybridized carbons (Fsp3) is 0.259. The number of fused-ring (bicyclic) bond motifs is 1. The fourth-order valence-electron chi connectivity index (χ4n) is 4.10. The summed E-state index contributed by atoms with van der Waals surface area (Å²) in [6.07, 6.45) is 1.63. The molecule has 0 fully saturated rings. The number of carbonyl (C=O) groups is 2. The van der Waals surface area contributed by atoms with Crippen molar-refractivity contribution in [2.45, 2.75) is 26.8 Å². The first-order chi connectivity index (χ1) is 18.1. The molecule has 198 valence electrons. The van der Waals surface area contributed by atoms with Gasteiger partial charge in [0.15, 0.2) is 22.9 Å². The number of benzene rings is 2. The van der Waals surface area contributed by atoms with Crippen LogP contribution in [-0.2, 0) is 14.3 Å². The maximum Gasteiger partial charge on any atom is 0.341 e. The van der Waals surface area contributed by atoms with Crippen molar-refractivity contribution in [3.63, 3.8) is 0 Å². The van der Waals surface area contributed by atoms with Gasteiger partial charge in [-0.2, -0.15) is 0 Å². The number of carboxylic acids is 1. The van der Waals surface area contributed by atoms with Gasteiger partial charge in [0.05, 0.1) is 40.6 Å². The third-order valence-electron chi connectivity index (χ3n) is 5.80. The predicted octanol–water partition coefficient (Wildman–Crippen LogP) is 3.23. The molecule has 1 N–H and O–H groups in total. The van der Waals surface area contributed by atoms with Crippen molar-refractivity contribution >= 4 is 41.0 Å². The van der Waals surface area contributed by atoms with Gasteiger partial charge in [0, 0.05) is 0 Å². The summed E-state index contributed by atoms with van der Waals surface area (Å²) in [5.41, 5.74) is 2.78. The maximum atomic E-state index is 13.7. The van der Waals surface area contributed by atoms with Crippen LogP contribution in [0.3, 0.4) is 0 Å². The molecule has 0 bridgehead atoms. The Hall–Kier alpha value is -3.89. The van der Waals surface area contributed by atoms with E-state index < -0.39 is 24.6 Å². The van der Waals surface area contributed by atoms with Crippen LogP contribution in [-0.4, -0.2) is 41.9 Å². The highest BCUT2D eigenvalue weighted by molar-refractivity contribution is 7.07. The number of aliphatic carboxylic acids is 1. The SMILES string of the molecule is CCOC(=O)C1=C(C)N=c2s/c(=C/c3cc(Cl)c(OCC(=O)O)c(OC)c3)c(=O)n2[C@H]1c1ccc(C)cc1. The number of carbonyl (C=O) groups excluding carboxylic acids is 1. The van der Waals surface area contributed by atoms with Crippen LogP contribution in [0.15, 0.2) is 57.5 Å². The zero-order valence-electron chi connectivity index (χ0n) is 21.1. The van der Waals surface area contributed by atoms with E-state index in [0.717, 1.165) is 11.1 Å². The molecule has 0 saturated carbocycles. The van der Waals surface area contributed by atoms with E-state index in [-0.39, 0.29) is 28.7 Å². The number of methoxy groups -OCH3 is 1. The predicted molar refractivity (Wildman–Crippen MR) is 143 cm³/mol. The van der Waals surface area contributed by atoms with E-state index in [1.807, 2.05) is 31.2 Å². The third kappa shape index (κ3) is 5.36. The Balaban J connectivity index is 1.88. The molecule has 9 nitrogen and oxygen atoms in total. The molecule has 0 saturated heterocycles. The first-order valence-corrected chi connectivity index (χ1v) is 12.8. The molecule has 11 heteroatoms. The van der Waals surface area contributed by atoms with Crippen molar-refractivity contribution < 1.29 is 28.9 Å². The molecule has 2 aromatic carbocycles. The quantitative estimate of drug-likeness (QED) is 0.423. The molecule has 4 rings (SSSR count). The second-order valence-electron chi connectivity index (χ2n) is 8.43. The topological polar surface area (TPSA) is 116 Å². The minimum absolute atomic E-state index is 0.0873. The first kappa shape index (κ1) is 27.2. The number of halogens is 1. The molecule has 1 aromatic heterocycles. The maximum absolute atomic E-state index is 13.7. The van der Waals surface area contributed by atoms with Crippen molar-refractivity contribution in [1.29, 1.82) is 0 Å². The van der Waals surface area contributed by atoms with Crippen LogP contribution in [0.25, 0.3) is 6.08 Å². The van der Waals surface area contributed by atoms with Crippen molar-refractivity contribution in [2.75, 3.05) is 20.3 Å². The number of hydrogen-bond acceptors (Lipinski definition) is 8. The summed E-state index contributed by atoms with van der Waals surface area (Å²) in [6, 6.07) is 10.0. The molecule has 3 aromatic rings. The zero-order chi connectivity index (χ0) is 27.6. The number of hydrogen-bond donors (Lipinski definition) is 1. The summed E-state index contributed by atoms with van der Waals surface area (Å²) >= 11 is 7.52. The lowest BCUT2D eigenvalue weighted by atomic mass is 9.95. The average molecular weight is 557 g/mol. The summed E-state index contributed by atoms with van der Waals surface area (Å²) in [5, 5.41) is 9.04. The first-order valence-electron chi connectivity index (χ1n) is 11.6.